The second-order valence-corrected chi connectivity index (χ2v) is 13.3. The van der Waals surface area contributed by atoms with Crippen LogP contribution in [-0.4, -0.2) is 50.3 Å². The van der Waals surface area contributed by atoms with Gasteiger partial charge >= 0.3 is 0 Å². The summed E-state index contributed by atoms with van der Waals surface area (Å²) in [5, 5.41) is 0.778. The van der Waals surface area contributed by atoms with Crippen molar-refractivity contribution in [3.63, 3.8) is 0 Å². The molecule has 0 bridgehead atoms. The minimum Gasteiger partial charge on any atom is -0.456 e. The Labute approximate surface area is 263 Å². The molecule has 5 rings (SSSR count). The minimum absolute atomic E-state index is 0.0122. The van der Waals surface area contributed by atoms with E-state index >= 15 is 0 Å². The van der Waals surface area contributed by atoms with Crippen molar-refractivity contribution in [2.75, 3.05) is 24.9 Å². The highest BCUT2D eigenvalue weighted by Crippen LogP contribution is 2.31. The molecule has 1 aliphatic heterocycles. The third-order valence-electron chi connectivity index (χ3n) is 7.72. The Bertz CT molecular complexity index is 1680. The van der Waals surface area contributed by atoms with Crippen LogP contribution in [0.2, 0.25) is 10.0 Å². The molecule has 0 unspecified atom stereocenters. The van der Waals surface area contributed by atoms with Gasteiger partial charge in [0.1, 0.15) is 11.5 Å². The van der Waals surface area contributed by atoms with E-state index in [1.165, 1.54) is 29.8 Å². The fourth-order valence-electron chi connectivity index (χ4n) is 5.27. The van der Waals surface area contributed by atoms with Gasteiger partial charge in [-0.1, -0.05) is 72.6 Å². The highest BCUT2D eigenvalue weighted by Gasteiger charge is 2.33. The topological polar surface area (TPSA) is 79.0 Å². The molecular weight excluding hydrogens is 605 g/mol. The van der Waals surface area contributed by atoms with Gasteiger partial charge in [-0.15, -0.1) is 0 Å². The van der Waals surface area contributed by atoms with Crippen molar-refractivity contribution >= 4 is 44.8 Å². The van der Waals surface area contributed by atoms with Gasteiger partial charge in [0.05, 0.1) is 21.2 Å². The van der Waals surface area contributed by atoms with Crippen LogP contribution in [0.25, 0.3) is 0 Å². The summed E-state index contributed by atoms with van der Waals surface area (Å²) in [6.07, 6.45) is 0.945. The molecule has 4 aromatic carbocycles. The van der Waals surface area contributed by atoms with Crippen LogP contribution in [0.1, 0.15) is 29.3 Å². The number of nitrogens with one attached hydrogen (secondary N) is 1. The van der Waals surface area contributed by atoms with Crippen LogP contribution < -0.4 is 9.46 Å². The molecule has 0 spiro atoms. The van der Waals surface area contributed by atoms with Gasteiger partial charge in [-0.05, 0) is 79.0 Å². The Hall–Kier alpha value is -3.56. The molecule has 1 amide bonds. The minimum atomic E-state index is -4.04. The molecule has 1 aliphatic rings. The number of benzene rings is 4. The number of halogens is 2. The van der Waals surface area contributed by atoms with Gasteiger partial charge in [0.15, 0.2) is 0 Å². The number of hydrogen-bond donors (Lipinski definition) is 1. The molecule has 7 nitrogen and oxygen atoms in total. The third-order valence-corrected chi connectivity index (χ3v) is 9.65. The number of sulfonamides is 1. The summed E-state index contributed by atoms with van der Waals surface area (Å²) >= 11 is 12.5. The summed E-state index contributed by atoms with van der Waals surface area (Å²) in [6.45, 7) is 4.60. The van der Waals surface area contributed by atoms with Crippen molar-refractivity contribution in [2.24, 2.45) is 5.92 Å². The Balaban J connectivity index is 1.32. The average Bonchev–Trinajstić information content (AvgIpc) is 3.00. The number of hydrogen-bond acceptors (Lipinski definition) is 5. The van der Waals surface area contributed by atoms with Crippen LogP contribution in [0.3, 0.4) is 0 Å². The summed E-state index contributed by atoms with van der Waals surface area (Å²) < 4.78 is 35.1. The number of likely N-dealkylation sites (tertiary alicyclic amines) is 1. The fraction of sp³-hybridized carbons (Fsp3) is 0.242. The van der Waals surface area contributed by atoms with Crippen molar-refractivity contribution in [1.29, 1.82) is 0 Å². The van der Waals surface area contributed by atoms with Gasteiger partial charge in [-0.3, -0.25) is 14.4 Å². The van der Waals surface area contributed by atoms with Crippen LogP contribution >= 0.6 is 23.2 Å². The Morgan fingerprint density at radius 1 is 0.977 bits per heavy atom. The molecule has 4 aromatic rings. The molecule has 224 valence electrons. The Morgan fingerprint density at radius 3 is 2.40 bits per heavy atom. The second-order valence-electron chi connectivity index (χ2n) is 10.8. The summed E-state index contributed by atoms with van der Waals surface area (Å²) in [4.78, 5) is 18.0. The van der Waals surface area contributed by atoms with Gasteiger partial charge in [0.25, 0.3) is 15.9 Å². The molecule has 0 saturated carbocycles. The molecule has 10 heteroatoms. The van der Waals surface area contributed by atoms with Crippen LogP contribution in [-0.2, 0) is 16.6 Å². The van der Waals surface area contributed by atoms with Crippen molar-refractivity contribution < 1.29 is 17.9 Å². The number of ether oxygens (including phenoxy) is 1. The summed E-state index contributed by atoms with van der Waals surface area (Å²) in [5.74, 6) is 0.856. The number of para-hydroxylation sites is 1. The van der Waals surface area contributed by atoms with Gasteiger partial charge in [-0.25, -0.2) is 8.42 Å². The van der Waals surface area contributed by atoms with E-state index < -0.39 is 10.0 Å². The SMILES string of the molecule is C[C@@H]1CCN(Cc2ccccc2)C[C@@H]1N(C)C(=O)c1cc(Cl)ccc1NS(=O)(=O)c1ccc(Oc2ccccc2Cl)cc1. The average molecular weight is 639 g/mol. The largest absolute Gasteiger partial charge is 0.456 e. The number of piperidine rings is 1. The second kappa shape index (κ2) is 13.4. The maximum absolute atomic E-state index is 13.9. The van der Waals surface area contributed by atoms with Crippen LogP contribution in [0, 0.1) is 5.92 Å². The summed E-state index contributed by atoms with van der Waals surface area (Å²) in [5.41, 5.74) is 1.56. The first-order chi connectivity index (χ1) is 20.6. The zero-order valence-corrected chi connectivity index (χ0v) is 26.2. The molecule has 1 heterocycles. The van der Waals surface area contributed by atoms with Gasteiger partial charge in [-0.2, -0.15) is 0 Å². The first kappa shape index (κ1) is 30.9. The van der Waals surface area contributed by atoms with E-state index in [-0.39, 0.29) is 34.0 Å². The quantitative estimate of drug-likeness (QED) is 0.205. The van der Waals surface area contributed by atoms with Crippen LogP contribution in [0.5, 0.6) is 11.5 Å². The highest BCUT2D eigenvalue weighted by atomic mass is 35.5. The Morgan fingerprint density at radius 2 is 1.67 bits per heavy atom. The van der Waals surface area contributed by atoms with Gasteiger partial charge < -0.3 is 9.64 Å². The van der Waals surface area contributed by atoms with E-state index in [4.69, 9.17) is 27.9 Å². The molecule has 1 fully saturated rings. The number of rotatable bonds is 9. The number of carbonyl (C=O) groups is 1. The lowest BCUT2D eigenvalue weighted by molar-refractivity contribution is 0.0476. The number of amides is 1. The van der Waals surface area contributed by atoms with Gasteiger partial charge in [0.2, 0.25) is 0 Å². The lowest BCUT2D eigenvalue weighted by atomic mass is 9.91. The lowest BCUT2D eigenvalue weighted by Crippen LogP contribution is -2.52. The standard InChI is InChI=1S/C33H33Cl2N3O4S/c1-23-18-19-38(21-24-8-4-3-5-9-24)22-31(23)37(2)33(39)28-20-25(34)12-17-30(28)36-43(40,41)27-15-13-26(14-16-27)42-32-11-7-6-10-29(32)35/h3-17,20,23,31,36H,18-19,21-22H2,1-2H3/t23-,31+/m1/s1. The van der Waals surface area contributed by atoms with E-state index in [0.29, 0.717) is 28.1 Å². The zero-order chi connectivity index (χ0) is 30.6. The van der Waals surface area contributed by atoms with E-state index in [1.54, 1.807) is 54.4 Å². The third kappa shape index (κ3) is 7.51. The van der Waals surface area contributed by atoms with Crippen LogP contribution in [0.15, 0.2) is 102 Å². The molecule has 1 saturated heterocycles. The maximum Gasteiger partial charge on any atom is 0.261 e. The molecule has 0 radical (unpaired) electrons. The van der Waals surface area contributed by atoms with Crippen LogP contribution in [0.4, 0.5) is 5.69 Å². The lowest BCUT2D eigenvalue weighted by Gasteiger charge is -2.42. The number of carbonyl (C=O) groups excluding carboxylic acids is 1. The molecule has 0 aromatic heterocycles. The number of anilines is 1. The smallest absolute Gasteiger partial charge is 0.261 e. The summed E-state index contributed by atoms with van der Waals surface area (Å²) in [7, 11) is -2.27. The van der Waals surface area contributed by atoms with Crippen molar-refractivity contribution in [1.82, 2.24) is 9.80 Å². The van der Waals surface area contributed by atoms with E-state index in [1.807, 2.05) is 18.2 Å². The first-order valence-corrected chi connectivity index (χ1v) is 16.2. The first-order valence-electron chi connectivity index (χ1n) is 14.0. The van der Waals surface area contributed by atoms with Crippen molar-refractivity contribution in [3.8, 4) is 11.5 Å². The predicted molar refractivity (Wildman–Crippen MR) is 172 cm³/mol. The van der Waals surface area contributed by atoms with E-state index in [2.05, 4.69) is 28.7 Å². The van der Waals surface area contributed by atoms with E-state index in [9.17, 15) is 13.2 Å². The zero-order valence-electron chi connectivity index (χ0n) is 23.9. The fourth-order valence-corrected chi connectivity index (χ4v) is 6.70. The maximum atomic E-state index is 13.9. The number of likely N-dealkylation sites (N-methyl/N-ethyl adjacent to an activating group) is 1. The summed E-state index contributed by atoms with van der Waals surface area (Å²) in [6, 6.07) is 27.8. The predicted octanol–water partition coefficient (Wildman–Crippen LogP) is 7.57. The van der Waals surface area contributed by atoms with Crippen molar-refractivity contribution in [3.05, 3.63) is 118 Å². The molecule has 1 N–H and O–H groups in total. The number of nitrogens with zero attached hydrogens (tertiary/aromatic N) is 2. The molecule has 43 heavy (non-hydrogen) atoms. The van der Waals surface area contributed by atoms with Gasteiger partial charge in [0, 0.05) is 31.2 Å². The molecular formula is C33H33Cl2N3O4S. The highest BCUT2D eigenvalue weighted by molar-refractivity contribution is 7.92. The molecule has 0 aliphatic carbocycles. The monoisotopic (exact) mass is 637 g/mol. The van der Waals surface area contributed by atoms with Crippen molar-refractivity contribution in [2.45, 2.75) is 30.8 Å². The Kier molecular flexibility index (Phi) is 9.62. The molecule has 2 atom stereocenters. The normalized spacial score (nSPS) is 17.3. The van der Waals surface area contributed by atoms with E-state index in [0.717, 1.165) is 19.5 Å².